The maximum absolute atomic E-state index is 13.4. The number of amides is 1. The largest absolute Gasteiger partial charge is 0.356 e. The van der Waals surface area contributed by atoms with Crippen molar-refractivity contribution in [1.82, 2.24) is 15.3 Å². The maximum atomic E-state index is 13.4. The van der Waals surface area contributed by atoms with E-state index in [1.165, 1.54) is 48.5 Å². The number of carbonyl (C=O) groups excluding carboxylic acids is 2. The molecular formula is C25H22FN3O2S2. The maximum Gasteiger partial charge on any atom is 0.216 e. The fourth-order valence-electron chi connectivity index (χ4n) is 3.45. The number of nitrogens with one attached hydrogen (secondary N) is 1. The first-order valence-corrected chi connectivity index (χ1v) is 12.2. The number of nitrogens with zero attached hydrogens (tertiary/aromatic N) is 2. The summed E-state index contributed by atoms with van der Waals surface area (Å²) in [7, 11) is 0. The molecule has 33 heavy (non-hydrogen) atoms. The monoisotopic (exact) mass is 479 g/mol. The van der Waals surface area contributed by atoms with Gasteiger partial charge in [-0.25, -0.2) is 14.4 Å². The van der Waals surface area contributed by atoms with Crippen molar-refractivity contribution in [2.45, 2.75) is 30.5 Å². The number of hydrogen-bond acceptors (Lipinski definition) is 6. The molecule has 168 valence electrons. The van der Waals surface area contributed by atoms with E-state index in [1.807, 2.05) is 36.6 Å². The number of ketones is 1. The highest BCUT2D eigenvalue weighted by atomic mass is 32.2. The van der Waals surface area contributed by atoms with E-state index in [0.717, 1.165) is 31.9 Å². The highest BCUT2D eigenvalue weighted by molar-refractivity contribution is 8.00. The summed E-state index contributed by atoms with van der Waals surface area (Å²) in [6.45, 7) is 3.93. The smallest absolute Gasteiger partial charge is 0.216 e. The van der Waals surface area contributed by atoms with E-state index in [1.54, 1.807) is 12.1 Å². The number of thioether (sulfide) groups is 1. The van der Waals surface area contributed by atoms with Gasteiger partial charge in [-0.1, -0.05) is 48.2 Å². The van der Waals surface area contributed by atoms with Gasteiger partial charge >= 0.3 is 0 Å². The number of thiophene rings is 1. The average molecular weight is 480 g/mol. The van der Waals surface area contributed by atoms with E-state index in [9.17, 15) is 14.0 Å². The lowest BCUT2D eigenvalue weighted by molar-refractivity contribution is -0.118. The Bertz CT molecular complexity index is 1290. The zero-order valence-corrected chi connectivity index (χ0v) is 19.8. The van der Waals surface area contributed by atoms with E-state index in [0.29, 0.717) is 18.5 Å². The topological polar surface area (TPSA) is 72.0 Å². The minimum Gasteiger partial charge on any atom is -0.356 e. The van der Waals surface area contributed by atoms with E-state index in [4.69, 9.17) is 0 Å². The van der Waals surface area contributed by atoms with Gasteiger partial charge in [-0.05, 0) is 36.6 Å². The van der Waals surface area contributed by atoms with Gasteiger partial charge in [0.2, 0.25) is 5.91 Å². The van der Waals surface area contributed by atoms with Gasteiger partial charge in [0.25, 0.3) is 0 Å². The molecule has 8 heteroatoms. The molecular weight excluding hydrogens is 457 g/mol. The number of rotatable bonds is 8. The molecule has 2 aromatic heterocycles. The first-order valence-electron chi connectivity index (χ1n) is 10.4. The third kappa shape index (κ3) is 5.46. The predicted octanol–water partition coefficient (Wildman–Crippen LogP) is 5.54. The summed E-state index contributed by atoms with van der Waals surface area (Å²) < 4.78 is 13.4. The molecule has 1 amide bonds. The Morgan fingerprint density at radius 2 is 1.82 bits per heavy atom. The van der Waals surface area contributed by atoms with Gasteiger partial charge in [0.05, 0.1) is 10.6 Å². The van der Waals surface area contributed by atoms with Crippen LogP contribution in [-0.2, 0) is 11.2 Å². The van der Waals surface area contributed by atoms with Crippen molar-refractivity contribution in [3.63, 3.8) is 0 Å². The molecule has 1 atom stereocenters. The van der Waals surface area contributed by atoms with Crippen LogP contribution >= 0.6 is 23.1 Å². The summed E-state index contributed by atoms with van der Waals surface area (Å²) in [4.78, 5) is 33.7. The predicted molar refractivity (Wildman–Crippen MR) is 131 cm³/mol. The third-order valence-corrected chi connectivity index (χ3v) is 7.16. The van der Waals surface area contributed by atoms with Gasteiger partial charge in [0.15, 0.2) is 5.78 Å². The quantitative estimate of drug-likeness (QED) is 0.204. The average Bonchev–Trinajstić information content (AvgIpc) is 3.24. The molecule has 0 aliphatic carbocycles. The minimum absolute atomic E-state index is 0.0127. The number of hydrogen-bond donors (Lipinski definition) is 1. The van der Waals surface area contributed by atoms with Crippen LogP contribution in [0.15, 0.2) is 65.3 Å². The molecule has 4 aromatic rings. The Labute approximate surface area is 199 Å². The molecule has 0 aliphatic rings. The van der Waals surface area contributed by atoms with Crippen LogP contribution in [-0.4, -0.2) is 33.5 Å². The molecule has 0 bridgehead atoms. The Hall–Kier alpha value is -3.10. The molecule has 1 N–H and O–H groups in total. The first kappa shape index (κ1) is 23.1. The van der Waals surface area contributed by atoms with Crippen molar-refractivity contribution in [3.8, 4) is 11.1 Å². The summed E-state index contributed by atoms with van der Waals surface area (Å²) in [5, 5.41) is 6.02. The SMILES string of the molecule is CC(=O)NCCc1ccc(C(=O)C(C)Sc2ncnc3scc(-c4ccc(F)cc4)c23)cc1. The summed E-state index contributed by atoms with van der Waals surface area (Å²) in [5.41, 5.74) is 3.50. The second-order valence-electron chi connectivity index (χ2n) is 7.57. The lowest BCUT2D eigenvalue weighted by Gasteiger charge is -2.12. The Kier molecular flexibility index (Phi) is 7.15. The van der Waals surface area contributed by atoms with Gasteiger partial charge in [0.1, 0.15) is 22.0 Å². The lowest BCUT2D eigenvalue weighted by Crippen LogP contribution is -2.22. The number of carbonyl (C=O) groups is 2. The number of Topliss-reactive ketones (excluding diaryl/α,β-unsaturated/α-hetero) is 1. The van der Waals surface area contributed by atoms with E-state index in [2.05, 4.69) is 15.3 Å². The molecule has 0 aliphatic heterocycles. The summed E-state index contributed by atoms with van der Waals surface area (Å²) in [6, 6.07) is 13.8. The third-order valence-electron chi connectivity index (χ3n) is 5.17. The van der Waals surface area contributed by atoms with Crippen LogP contribution < -0.4 is 5.32 Å². The highest BCUT2D eigenvalue weighted by Gasteiger charge is 2.21. The van der Waals surface area contributed by atoms with E-state index >= 15 is 0 Å². The van der Waals surface area contributed by atoms with Crippen molar-refractivity contribution in [3.05, 3.63) is 77.2 Å². The molecule has 0 fully saturated rings. The zero-order valence-electron chi connectivity index (χ0n) is 18.2. The van der Waals surface area contributed by atoms with Crippen molar-refractivity contribution >= 4 is 45.0 Å². The second kappa shape index (κ2) is 10.2. The van der Waals surface area contributed by atoms with Crippen molar-refractivity contribution < 1.29 is 14.0 Å². The van der Waals surface area contributed by atoms with Crippen molar-refractivity contribution in [2.75, 3.05) is 6.54 Å². The summed E-state index contributed by atoms with van der Waals surface area (Å²) >= 11 is 2.90. The molecule has 5 nitrogen and oxygen atoms in total. The Morgan fingerprint density at radius 1 is 1.09 bits per heavy atom. The van der Waals surface area contributed by atoms with Gasteiger partial charge in [-0.15, -0.1) is 11.3 Å². The molecule has 0 saturated carbocycles. The molecule has 1 unspecified atom stereocenters. The van der Waals surface area contributed by atoms with Crippen LogP contribution in [0.2, 0.25) is 0 Å². The molecule has 2 heterocycles. The molecule has 4 rings (SSSR count). The van der Waals surface area contributed by atoms with Crippen LogP contribution in [0.4, 0.5) is 4.39 Å². The number of halogens is 1. The lowest BCUT2D eigenvalue weighted by atomic mass is 10.0. The van der Waals surface area contributed by atoms with E-state index in [-0.39, 0.29) is 22.8 Å². The van der Waals surface area contributed by atoms with E-state index < -0.39 is 0 Å². The Balaban J connectivity index is 1.52. The summed E-state index contributed by atoms with van der Waals surface area (Å²) in [6.07, 6.45) is 2.22. The minimum atomic E-state index is -0.353. The van der Waals surface area contributed by atoms with Crippen LogP contribution in [0.5, 0.6) is 0 Å². The molecule has 2 aromatic carbocycles. The fraction of sp³-hybridized carbons (Fsp3) is 0.200. The number of aromatic nitrogens is 2. The first-order chi connectivity index (χ1) is 15.9. The van der Waals surface area contributed by atoms with Gasteiger partial charge in [-0.3, -0.25) is 9.59 Å². The van der Waals surface area contributed by atoms with Gasteiger partial charge < -0.3 is 5.32 Å². The van der Waals surface area contributed by atoms with Gasteiger partial charge in [-0.2, -0.15) is 0 Å². The number of fused-ring (bicyclic) bond motifs is 1. The summed E-state index contributed by atoms with van der Waals surface area (Å²) in [5.74, 6) is -0.331. The van der Waals surface area contributed by atoms with Gasteiger partial charge in [0, 0.05) is 30.0 Å². The normalized spacial score (nSPS) is 12.0. The fourth-order valence-corrected chi connectivity index (χ4v) is 5.44. The molecule has 0 spiro atoms. The van der Waals surface area contributed by atoms with Crippen LogP contribution in [0.3, 0.4) is 0 Å². The Morgan fingerprint density at radius 3 is 2.52 bits per heavy atom. The zero-order chi connectivity index (χ0) is 23.4. The van der Waals surface area contributed by atoms with Crippen LogP contribution in [0.25, 0.3) is 21.3 Å². The van der Waals surface area contributed by atoms with Crippen molar-refractivity contribution in [2.24, 2.45) is 0 Å². The highest BCUT2D eigenvalue weighted by Crippen LogP contribution is 2.39. The molecule has 0 radical (unpaired) electrons. The standard InChI is InChI=1S/C25H22FN3O2S2/c1-15(23(31)19-5-3-17(4-6-19)11-12-27-16(2)30)33-25-22-21(13-32-24(22)28-14-29-25)18-7-9-20(26)10-8-18/h3-10,13-15H,11-12H2,1-2H3,(H,27,30). The van der Waals surface area contributed by atoms with Crippen molar-refractivity contribution in [1.29, 1.82) is 0 Å². The number of benzene rings is 2. The van der Waals surface area contributed by atoms with Crippen LogP contribution in [0, 0.1) is 5.82 Å². The van der Waals surface area contributed by atoms with Crippen LogP contribution in [0.1, 0.15) is 29.8 Å². The molecule has 0 saturated heterocycles. The second-order valence-corrected chi connectivity index (χ2v) is 9.76.